The first-order valence-electron chi connectivity index (χ1n) is 11.0. The second kappa shape index (κ2) is 19.6. The van der Waals surface area contributed by atoms with Crippen molar-refractivity contribution in [3.63, 3.8) is 0 Å². The van der Waals surface area contributed by atoms with Crippen LogP contribution in [0.1, 0.15) is 110 Å². The zero-order valence-corrected chi connectivity index (χ0v) is 18.9. The molecule has 4 heteroatoms. The molecule has 158 valence electrons. The molecule has 0 bridgehead atoms. The fourth-order valence-electron chi connectivity index (χ4n) is 3.50. The number of hydrogen-bond donors (Lipinski definition) is 1. The van der Waals surface area contributed by atoms with Gasteiger partial charge >= 0.3 is 5.97 Å². The lowest BCUT2D eigenvalue weighted by Gasteiger charge is -2.17. The van der Waals surface area contributed by atoms with E-state index in [1.54, 1.807) is 0 Å². The van der Waals surface area contributed by atoms with E-state index in [4.69, 9.17) is 5.11 Å². The molecule has 0 saturated heterocycles. The fraction of sp³-hybridized carbons (Fsp3) is 0.955. The number of carboxylic acids is 1. The van der Waals surface area contributed by atoms with Gasteiger partial charge in [0.1, 0.15) is 0 Å². The summed E-state index contributed by atoms with van der Waals surface area (Å²) in [5, 5.41) is 8.73. The van der Waals surface area contributed by atoms with E-state index >= 15 is 0 Å². The summed E-state index contributed by atoms with van der Waals surface area (Å²) in [6, 6.07) is 0. The Morgan fingerprint density at radius 3 is 1.38 bits per heavy atom. The minimum Gasteiger partial charge on any atom is -0.870 e. The van der Waals surface area contributed by atoms with Crippen LogP contribution in [0.5, 0.6) is 0 Å². The molecular formula is C22H47O3P. The SMILES string of the molecule is CCCCCCCCCCCCCCCC[P+](C)(C)CCCC(=O)O.[OH-]. The number of rotatable bonds is 19. The van der Waals surface area contributed by atoms with Gasteiger partial charge in [-0.1, -0.05) is 84.0 Å². The van der Waals surface area contributed by atoms with Crippen LogP contribution in [0.4, 0.5) is 0 Å². The van der Waals surface area contributed by atoms with Crippen LogP contribution in [-0.2, 0) is 4.79 Å². The van der Waals surface area contributed by atoms with Crippen LogP contribution in [0.25, 0.3) is 0 Å². The van der Waals surface area contributed by atoms with Crippen LogP contribution >= 0.6 is 7.26 Å². The first kappa shape index (κ1) is 28.1. The number of aliphatic carboxylic acids is 1. The molecule has 0 amide bonds. The van der Waals surface area contributed by atoms with Crippen molar-refractivity contribution in [2.45, 2.75) is 110 Å². The van der Waals surface area contributed by atoms with Gasteiger partial charge in [-0.05, 0) is 19.3 Å². The summed E-state index contributed by atoms with van der Waals surface area (Å²) in [4.78, 5) is 10.6. The molecule has 0 fully saturated rings. The maximum atomic E-state index is 10.6. The fourth-order valence-corrected chi connectivity index (χ4v) is 5.82. The Balaban J connectivity index is 0. The third kappa shape index (κ3) is 21.9. The quantitative estimate of drug-likeness (QED) is 0.184. The molecule has 0 rings (SSSR count). The minimum absolute atomic E-state index is 0. The molecule has 0 spiro atoms. The van der Waals surface area contributed by atoms with Crippen molar-refractivity contribution in [1.29, 1.82) is 0 Å². The van der Waals surface area contributed by atoms with Crippen LogP contribution in [0, 0.1) is 0 Å². The van der Waals surface area contributed by atoms with Gasteiger partial charge in [-0.2, -0.15) is 0 Å². The molecular weight excluding hydrogens is 343 g/mol. The Labute approximate surface area is 164 Å². The standard InChI is InChI=1S/C22H45O2P.H2O/c1-4-5-6-7-8-9-10-11-12-13-14-15-16-17-20-25(2,3)21-18-19-22(23)24;/h4-21H2,1-3H3;1H2. The largest absolute Gasteiger partial charge is 0.870 e. The van der Waals surface area contributed by atoms with E-state index < -0.39 is 13.2 Å². The number of carboxylic acid groups (broad SMARTS) is 1. The molecule has 2 N–H and O–H groups in total. The summed E-state index contributed by atoms with van der Waals surface area (Å²) >= 11 is 0. The van der Waals surface area contributed by atoms with Gasteiger partial charge < -0.3 is 10.6 Å². The summed E-state index contributed by atoms with van der Waals surface area (Å²) in [7, 11) is -0.847. The third-order valence-electron chi connectivity index (χ3n) is 5.27. The first-order chi connectivity index (χ1) is 12.0. The van der Waals surface area contributed by atoms with Crippen molar-refractivity contribution in [1.82, 2.24) is 0 Å². The van der Waals surface area contributed by atoms with Gasteiger partial charge in [-0.25, -0.2) is 0 Å². The second-order valence-corrected chi connectivity index (χ2v) is 13.2. The van der Waals surface area contributed by atoms with E-state index in [9.17, 15) is 4.79 Å². The summed E-state index contributed by atoms with van der Waals surface area (Å²) in [6.07, 6.45) is 23.6. The van der Waals surface area contributed by atoms with Crippen LogP contribution in [0.3, 0.4) is 0 Å². The van der Waals surface area contributed by atoms with E-state index in [0.29, 0.717) is 6.42 Å². The van der Waals surface area contributed by atoms with E-state index in [-0.39, 0.29) is 5.48 Å². The number of hydrogen-bond acceptors (Lipinski definition) is 2. The van der Waals surface area contributed by atoms with Gasteiger partial charge in [-0.3, -0.25) is 4.79 Å². The average Bonchev–Trinajstić information content (AvgIpc) is 2.54. The predicted molar refractivity (Wildman–Crippen MR) is 118 cm³/mol. The van der Waals surface area contributed by atoms with Crippen molar-refractivity contribution in [2.75, 3.05) is 25.7 Å². The Bertz CT molecular complexity index is 306. The highest BCUT2D eigenvalue weighted by atomic mass is 31.2. The van der Waals surface area contributed by atoms with E-state index in [2.05, 4.69) is 20.3 Å². The van der Waals surface area contributed by atoms with Crippen molar-refractivity contribution >= 4 is 13.2 Å². The van der Waals surface area contributed by atoms with Gasteiger partial charge in [0.25, 0.3) is 0 Å². The van der Waals surface area contributed by atoms with Gasteiger partial charge in [0.2, 0.25) is 0 Å². The molecule has 0 aromatic heterocycles. The summed E-state index contributed by atoms with van der Waals surface area (Å²) < 4.78 is 0. The summed E-state index contributed by atoms with van der Waals surface area (Å²) in [5.74, 6) is -0.642. The Kier molecular flexibility index (Phi) is 21.2. The molecule has 0 aliphatic rings. The number of carbonyl (C=O) groups is 1. The molecule has 0 aromatic carbocycles. The highest BCUT2D eigenvalue weighted by Gasteiger charge is 2.23. The van der Waals surface area contributed by atoms with Crippen LogP contribution in [0.2, 0.25) is 0 Å². The molecule has 0 unspecified atom stereocenters. The van der Waals surface area contributed by atoms with Crippen molar-refractivity contribution in [3.8, 4) is 0 Å². The highest BCUT2D eigenvalue weighted by molar-refractivity contribution is 7.74. The van der Waals surface area contributed by atoms with Crippen molar-refractivity contribution < 1.29 is 15.4 Å². The first-order valence-corrected chi connectivity index (χ1v) is 14.1. The molecule has 0 aromatic rings. The highest BCUT2D eigenvalue weighted by Crippen LogP contribution is 2.52. The van der Waals surface area contributed by atoms with Crippen LogP contribution in [0.15, 0.2) is 0 Å². The van der Waals surface area contributed by atoms with Crippen LogP contribution < -0.4 is 0 Å². The molecule has 26 heavy (non-hydrogen) atoms. The molecule has 0 aliphatic carbocycles. The molecule has 0 radical (unpaired) electrons. The minimum atomic E-state index is -0.847. The van der Waals surface area contributed by atoms with Gasteiger partial charge in [0.05, 0.1) is 12.3 Å². The zero-order valence-electron chi connectivity index (χ0n) is 18.0. The van der Waals surface area contributed by atoms with E-state index in [1.807, 2.05) is 0 Å². The lowest BCUT2D eigenvalue weighted by Crippen LogP contribution is -2.04. The van der Waals surface area contributed by atoms with E-state index in [0.717, 1.165) is 12.6 Å². The Hall–Kier alpha value is -0.140. The lowest BCUT2D eigenvalue weighted by molar-refractivity contribution is -0.137. The summed E-state index contributed by atoms with van der Waals surface area (Å²) in [5.41, 5.74) is 0. The lowest BCUT2D eigenvalue weighted by atomic mass is 10.0. The Morgan fingerprint density at radius 1 is 0.654 bits per heavy atom. The van der Waals surface area contributed by atoms with Crippen molar-refractivity contribution in [3.05, 3.63) is 0 Å². The maximum absolute atomic E-state index is 10.6. The van der Waals surface area contributed by atoms with Crippen LogP contribution in [-0.4, -0.2) is 42.2 Å². The topological polar surface area (TPSA) is 67.3 Å². The van der Waals surface area contributed by atoms with Gasteiger partial charge in [0, 0.05) is 27.0 Å². The normalized spacial score (nSPS) is 11.3. The van der Waals surface area contributed by atoms with Gasteiger partial charge in [0.15, 0.2) is 0 Å². The molecule has 0 aliphatic heterocycles. The van der Waals surface area contributed by atoms with E-state index in [1.165, 1.54) is 96.1 Å². The van der Waals surface area contributed by atoms with Crippen molar-refractivity contribution in [2.24, 2.45) is 0 Å². The Morgan fingerprint density at radius 2 is 1.00 bits per heavy atom. The number of unbranched alkanes of at least 4 members (excludes halogenated alkanes) is 13. The third-order valence-corrected chi connectivity index (χ3v) is 8.32. The molecule has 0 saturated carbocycles. The monoisotopic (exact) mass is 390 g/mol. The molecule has 0 heterocycles. The average molecular weight is 391 g/mol. The molecule has 3 nitrogen and oxygen atoms in total. The predicted octanol–water partition coefficient (Wildman–Crippen LogP) is 7.43. The molecule has 0 atom stereocenters. The maximum Gasteiger partial charge on any atom is 0.303 e. The zero-order chi connectivity index (χ0) is 18.8. The smallest absolute Gasteiger partial charge is 0.303 e. The second-order valence-electron chi connectivity index (χ2n) is 8.48. The summed E-state index contributed by atoms with van der Waals surface area (Å²) in [6.45, 7) is 7.08. The van der Waals surface area contributed by atoms with Gasteiger partial charge in [-0.15, -0.1) is 0 Å².